The van der Waals surface area contributed by atoms with Crippen LogP contribution in [0.2, 0.25) is 0 Å². The molecule has 0 bridgehead atoms. The molecule has 0 spiro atoms. The Labute approximate surface area is 128 Å². The van der Waals surface area contributed by atoms with Gasteiger partial charge in [-0.15, -0.1) is 0 Å². The minimum atomic E-state index is -4.86. The highest BCUT2D eigenvalue weighted by Crippen LogP contribution is 2.35. The molecule has 2 heterocycles. The van der Waals surface area contributed by atoms with Crippen molar-refractivity contribution < 1.29 is 23.1 Å². The molecule has 0 unspecified atom stereocenters. The number of fused-ring (bicyclic) bond motifs is 1. The molecule has 0 saturated heterocycles. The highest BCUT2D eigenvalue weighted by atomic mass is 19.4. The van der Waals surface area contributed by atoms with Crippen LogP contribution in [0.5, 0.6) is 0 Å². The average Bonchev–Trinajstić information content (AvgIpc) is 2.93. The van der Waals surface area contributed by atoms with Crippen molar-refractivity contribution in [1.29, 1.82) is 0 Å². The summed E-state index contributed by atoms with van der Waals surface area (Å²) in [4.78, 5) is 15.1. The monoisotopic (exact) mass is 321 g/mol. The summed E-state index contributed by atoms with van der Waals surface area (Å²) in [5, 5.41) is 13.8. The maximum atomic E-state index is 13.3. The molecule has 8 heteroatoms. The Morgan fingerprint density at radius 3 is 2.43 bits per heavy atom. The van der Waals surface area contributed by atoms with Crippen LogP contribution in [0.1, 0.15) is 21.7 Å². The third-order valence-corrected chi connectivity index (χ3v) is 3.47. The van der Waals surface area contributed by atoms with Crippen LogP contribution in [0.25, 0.3) is 16.5 Å². The first kappa shape index (κ1) is 15.0. The van der Waals surface area contributed by atoms with E-state index in [2.05, 4.69) is 10.1 Å². The molecule has 0 saturated carbocycles. The number of aromatic carboxylic acids is 1. The van der Waals surface area contributed by atoms with Gasteiger partial charge in [0.1, 0.15) is 5.56 Å². The molecule has 3 rings (SSSR count). The summed E-state index contributed by atoms with van der Waals surface area (Å²) >= 11 is 0. The van der Waals surface area contributed by atoms with E-state index in [-0.39, 0.29) is 5.69 Å². The fourth-order valence-electron chi connectivity index (χ4n) is 2.45. The number of nitrogens with zero attached hydrogens (tertiary/aromatic N) is 3. The lowest BCUT2D eigenvalue weighted by Crippen LogP contribution is -2.17. The molecule has 118 valence electrons. The largest absolute Gasteiger partial charge is 0.478 e. The van der Waals surface area contributed by atoms with Crippen LogP contribution in [-0.2, 0) is 6.18 Å². The summed E-state index contributed by atoms with van der Waals surface area (Å²) in [6.07, 6.45) is -2.92. The van der Waals surface area contributed by atoms with E-state index in [0.29, 0.717) is 27.3 Å². The molecule has 0 radical (unpaired) electrons. The number of halogens is 3. The maximum absolute atomic E-state index is 13.3. The number of hydrogen-bond donors (Lipinski definition) is 1. The Balaban J connectivity index is 2.37. The standard InChI is InChI=1S/C15H10F3N3O2/c1-8-9-4-2-3-5-10(9)12(7-19-8)21-13(15(16,17)18)11(6-20-21)14(22)23/h2-7H,1H3,(H,22,23). The predicted molar refractivity (Wildman–Crippen MR) is 75.6 cm³/mol. The van der Waals surface area contributed by atoms with E-state index >= 15 is 0 Å². The van der Waals surface area contributed by atoms with Gasteiger partial charge in [-0.05, 0) is 6.92 Å². The smallest absolute Gasteiger partial charge is 0.434 e. The molecule has 0 amide bonds. The SMILES string of the molecule is Cc1ncc(-n2ncc(C(=O)O)c2C(F)(F)F)c2ccccc12. The number of aryl methyl sites for hydroxylation is 1. The Morgan fingerprint density at radius 2 is 1.83 bits per heavy atom. The van der Waals surface area contributed by atoms with Crippen molar-refractivity contribution in [1.82, 2.24) is 14.8 Å². The Morgan fingerprint density at radius 1 is 1.17 bits per heavy atom. The number of rotatable bonds is 2. The molecule has 1 aromatic carbocycles. The van der Waals surface area contributed by atoms with Crippen molar-refractivity contribution in [3.05, 3.63) is 53.6 Å². The van der Waals surface area contributed by atoms with E-state index in [1.54, 1.807) is 31.2 Å². The summed E-state index contributed by atoms with van der Waals surface area (Å²) in [5.74, 6) is -1.69. The summed E-state index contributed by atoms with van der Waals surface area (Å²) in [6.45, 7) is 1.74. The van der Waals surface area contributed by atoms with E-state index in [4.69, 9.17) is 5.11 Å². The van der Waals surface area contributed by atoms with Gasteiger partial charge in [-0.25, -0.2) is 9.48 Å². The van der Waals surface area contributed by atoms with Gasteiger partial charge in [0.25, 0.3) is 0 Å². The van der Waals surface area contributed by atoms with Crippen LogP contribution in [0.15, 0.2) is 36.7 Å². The van der Waals surface area contributed by atoms with Gasteiger partial charge in [0.05, 0.1) is 18.1 Å². The molecular formula is C15H10F3N3O2. The third-order valence-electron chi connectivity index (χ3n) is 3.47. The van der Waals surface area contributed by atoms with Gasteiger partial charge in [-0.3, -0.25) is 4.98 Å². The first-order valence-electron chi connectivity index (χ1n) is 6.54. The van der Waals surface area contributed by atoms with E-state index in [1.165, 1.54) is 6.20 Å². The summed E-state index contributed by atoms with van der Waals surface area (Å²) in [7, 11) is 0. The van der Waals surface area contributed by atoms with E-state index in [9.17, 15) is 18.0 Å². The van der Waals surface area contributed by atoms with Crippen LogP contribution in [0.3, 0.4) is 0 Å². The highest BCUT2D eigenvalue weighted by Gasteiger charge is 2.41. The Kier molecular flexibility index (Phi) is 3.32. The van der Waals surface area contributed by atoms with Crippen LogP contribution < -0.4 is 0 Å². The number of hydrogen-bond acceptors (Lipinski definition) is 3. The van der Waals surface area contributed by atoms with Crippen molar-refractivity contribution in [3.8, 4) is 5.69 Å². The van der Waals surface area contributed by atoms with Gasteiger partial charge in [-0.1, -0.05) is 24.3 Å². The summed E-state index contributed by atoms with van der Waals surface area (Å²) in [6, 6.07) is 6.80. The molecule has 0 aliphatic carbocycles. The average molecular weight is 321 g/mol. The summed E-state index contributed by atoms with van der Waals surface area (Å²) in [5.41, 5.74) is -1.50. The molecule has 3 aromatic rings. The van der Waals surface area contributed by atoms with Gasteiger partial charge < -0.3 is 5.11 Å². The zero-order valence-corrected chi connectivity index (χ0v) is 11.8. The van der Waals surface area contributed by atoms with Crippen molar-refractivity contribution in [2.75, 3.05) is 0 Å². The second-order valence-corrected chi connectivity index (χ2v) is 4.90. The van der Waals surface area contributed by atoms with Crippen molar-refractivity contribution in [2.45, 2.75) is 13.1 Å². The van der Waals surface area contributed by atoms with Gasteiger partial charge >= 0.3 is 12.1 Å². The van der Waals surface area contributed by atoms with Crippen molar-refractivity contribution in [3.63, 3.8) is 0 Å². The molecular weight excluding hydrogens is 311 g/mol. The number of carboxylic acid groups (broad SMARTS) is 1. The lowest BCUT2D eigenvalue weighted by atomic mass is 10.1. The van der Waals surface area contributed by atoms with Crippen LogP contribution in [-0.4, -0.2) is 25.8 Å². The fourth-order valence-corrected chi connectivity index (χ4v) is 2.45. The quantitative estimate of drug-likeness (QED) is 0.785. The normalized spacial score (nSPS) is 11.8. The lowest BCUT2D eigenvalue weighted by molar-refractivity contribution is -0.143. The maximum Gasteiger partial charge on any atom is 0.434 e. The molecule has 0 aliphatic rings. The summed E-state index contributed by atoms with van der Waals surface area (Å²) < 4.78 is 40.6. The van der Waals surface area contributed by atoms with Gasteiger partial charge in [0, 0.05) is 16.5 Å². The Bertz CT molecular complexity index is 916. The predicted octanol–water partition coefficient (Wildman–Crippen LogP) is 3.45. The third kappa shape index (κ3) is 2.41. The zero-order valence-electron chi connectivity index (χ0n) is 11.8. The van der Waals surface area contributed by atoms with E-state index in [1.807, 2.05) is 0 Å². The first-order chi connectivity index (χ1) is 10.8. The number of carboxylic acids is 1. The molecule has 0 fully saturated rings. The molecule has 23 heavy (non-hydrogen) atoms. The molecule has 0 atom stereocenters. The van der Waals surface area contributed by atoms with Gasteiger partial charge in [0.2, 0.25) is 0 Å². The van der Waals surface area contributed by atoms with Crippen LogP contribution >= 0.6 is 0 Å². The lowest BCUT2D eigenvalue weighted by Gasteiger charge is -2.14. The number of pyridine rings is 1. The number of carbonyl (C=O) groups is 1. The molecule has 2 aromatic heterocycles. The molecule has 0 aliphatic heterocycles. The van der Waals surface area contributed by atoms with Gasteiger partial charge in [0.15, 0.2) is 5.69 Å². The fraction of sp³-hybridized carbons (Fsp3) is 0.133. The molecule has 5 nitrogen and oxygen atoms in total. The molecule has 1 N–H and O–H groups in total. The van der Waals surface area contributed by atoms with Gasteiger partial charge in [-0.2, -0.15) is 18.3 Å². The number of benzene rings is 1. The van der Waals surface area contributed by atoms with Crippen molar-refractivity contribution in [2.24, 2.45) is 0 Å². The topological polar surface area (TPSA) is 68.0 Å². The van der Waals surface area contributed by atoms with Crippen LogP contribution in [0, 0.1) is 6.92 Å². The zero-order chi connectivity index (χ0) is 16.8. The number of aromatic nitrogens is 3. The second kappa shape index (κ2) is 5.08. The number of alkyl halides is 3. The van der Waals surface area contributed by atoms with Crippen LogP contribution in [0.4, 0.5) is 13.2 Å². The Hall–Kier alpha value is -2.90. The second-order valence-electron chi connectivity index (χ2n) is 4.90. The minimum Gasteiger partial charge on any atom is -0.478 e. The minimum absolute atomic E-state index is 0.0750. The van der Waals surface area contributed by atoms with E-state index in [0.717, 1.165) is 0 Å². The first-order valence-corrected chi connectivity index (χ1v) is 6.54. The van der Waals surface area contributed by atoms with E-state index < -0.39 is 23.4 Å². The highest BCUT2D eigenvalue weighted by molar-refractivity contribution is 5.92. The van der Waals surface area contributed by atoms with Crippen molar-refractivity contribution >= 4 is 16.7 Å².